The summed E-state index contributed by atoms with van der Waals surface area (Å²) >= 11 is 6.01. The van der Waals surface area contributed by atoms with E-state index in [4.69, 9.17) is 21.1 Å². The fraction of sp³-hybridized carbons (Fsp3) is 0.294. The first-order valence-electron chi connectivity index (χ1n) is 7.74. The predicted molar refractivity (Wildman–Crippen MR) is 90.3 cm³/mol. The Morgan fingerprint density at radius 2 is 1.92 bits per heavy atom. The first kappa shape index (κ1) is 15.7. The molecule has 1 N–H and O–H groups in total. The Morgan fingerprint density at radius 1 is 1.12 bits per heavy atom. The predicted octanol–water partition coefficient (Wildman–Crippen LogP) is 2.69. The SMILES string of the molecule is O=S(=O)(NCc1c2c(cc3c1OCC3)OCC2)c1ccccc1Cl. The van der Waals surface area contributed by atoms with Crippen LogP contribution in [0.4, 0.5) is 0 Å². The number of ether oxygens (including phenoxy) is 2. The number of halogens is 1. The van der Waals surface area contributed by atoms with Crippen LogP contribution in [0.3, 0.4) is 0 Å². The summed E-state index contributed by atoms with van der Waals surface area (Å²) in [5.41, 5.74) is 2.97. The molecule has 0 radical (unpaired) electrons. The fourth-order valence-electron chi connectivity index (χ4n) is 3.18. The van der Waals surface area contributed by atoms with Gasteiger partial charge in [0.05, 0.1) is 18.2 Å². The van der Waals surface area contributed by atoms with E-state index in [1.165, 1.54) is 6.07 Å². The number of benzene rings is 2. The van der Waals surface area contributed by atoms with Gasteiger partial charge in [0, 0.05) is 36.1 Å². The highest BCUT2D eigenvalue weighted by Crippen LogP contribution is 2.40. The number of fused-ring (bicyclic) bond motifs is 2. The van der Waals surface area contributed by atoms with Gasteiger partial charge >= 0.3 is 0 Å². The van der Waals surface area contributed by atoms with Crippen LogP contribution in [0.1, 0.15) is 16.7 Å². The van der Waals surface area contributed by atoms with Crippen molar-refractivity contribution >= 4 is 21.6 Å². The standard InChI is InChI=1S/C17H16ClNO4S/c18-14-3-1-2-4-16(14)24(20,21)19-10-13-12-6-8-22-15(12)9-11-5-7-23-17(11)13/h1-4,9,19H,5-8,10H2. The number of sulfonamides is 1. The third-order valence-electron chi connectivity index (χ3n) is 4.33. The molecule has 2 heterocycles. The lowest BCUT2D eigenvalue weighted by Gasteiger charge is -2.14. The first-order chi connectivity index (χ1) is 11.6. The molecule has 0 aliphatic carbocycles. The summed E-state index contributed by atoms with van der Waals surface area (Å²) in [6, 6.07) is 8.41. The van der Waals surface area contributed by atoms with Crippen molar-refractivity contribution in [3.63, 3.8) is 0 Å². The minimum Gasteiger partial charge on any atom is -0.493 e. The molecule has 4 rings (SSSR count). The highest BCUT2D eigenvalue weighted by atomic mass is 35.5. The average Bonchev–Trinajstić information content (AvgIpc) is 3.20. The molecule has 2 aromatic carbocycles. The van der Waals surface area contributed by atoms with Crippen LogP contribution in [-0.2, 0) is 29.4 Å². The van der Waals surface area contributed by atoms with Crippen LogP contribution in [0.2, 0.25) is 5.02 Å². The molecule has 0 amide bonds. The summed E-state index contributed by atoms with van der Waals surface area (Å²) in [7, 11) is -3.70. The van der Waals surface area contributed by atoms with Crippen molar-refractivity contribution in [2.75, 3.05) is 13.2 Å². The van der Waals surface area contributed by atoms with Crippen LogP contribution in [0.25, 0.3) is 0 Å². The molecule has 126 valence electrons. The normalized spacial score (nSPS) is 15.5. The maximum atomic E-state index is 12.6. The molecule has 2 aromatic rings. The van der Waals surface area contributed by atoms with Crippen molar-refractivity contribution in [2.24, 2.45) is 0 Å². The summed E-state index contributed by atoms with van der Waals surface area (Å²) in [6.07, 6.45) is 1.57. The van der Waals surface area contributed by atoms with Gasteiger partial charge in [-0.15, -0.1) is 0 Å². The average molecular weight is 366 g/mol. The van der Waals surface area contributed by atoms with Crippen molar-refractivity contribution in [1.29, 1.82) is 0 Å². The number of hydrogen-bond donors (Lipinski definition) is 1. The van der Waals surface area contributed by atoms with E-state index in [0.29, 0.717) is 13.2 Å². The summed E-state index contributed by atoms with van der Waals surface area (Å²) < 4.78 is 39.1. The Kier molecular flexibility index (Phi) is 3.90. The van der Waals surface area contributed by atoms with Crippen LogP contribution in [0.15, 0.2) is 35.2 Å². The molecule has 0 atom stereocenters. The van der Waals surface area contributed by atoms with E-state index in [1.54, 1.807) is 18.2 Å². The van der Waals surface area contributed by atoms with E-state index >= 15 is 0 Å². The highest BCUT2D eigenvalue weighted by molar-refractivity contribution is 7.89. The topological polar surface area (TPSA) is 64.6 Å². The maximum Gasteiger partial charge on any atom is 0.242 e. The lowest BCUT2D eigenvalue weighted by molar-refractivity contribution is 0.352. The van der Waals surface area contributed by atoms with Crippen molar-refractivity contribution in [2.45, 2.75) is 24.3 Å². The number of rotatable bonds is 4. The van der Waals surface area contributed by atoms with Gasteiger partial charge in [-0.25, -0.2) is 13.1 Å². The molecule has 5 nitrogen and oxygen atoms in total. The van der Waals surface area contributed by atoms with Crippen LogP contribution < -0.4 is 14.2 Å². The van der Waals surface area contributed by atoms with Gasteiger partial charge < -0.3 is 9.47 Å². The molecule has 24 heavy (non-hydrogen) atoms. The lowest BCUT2D eigenvalue weighted by Crippen LogP contribution is -2.24. The first-order valence-corrected chi connectivity index (χ1v) is 9.60. The van der Waals surface area contributed by atoms with Crippen LogP contribution >= 0.6 is 11.6 Å². The minimum absolute atomic E-state index is 0.0769. The third-order valence-corrected chi connectivity index (χ3v) is 6.23. The van der Waals surface area contributed by atoms with E-state index in [0.717, 1.165) is 41.0 Å². The maximum absolute atomic E-state index is 12.6. The van der Waals surface area contributed by atoms with E-state index < -0.39 is 10.0 Å². The molecule has 0 spiro atoms. The van der Waals surface area contributed by atoms with Gasteiger partial charge in [-0.2, -0.15) is 0 Å². The van der Waals surface area contributed by atoms with E-state index in [9.17, 15) is 8.42 Å². The zero-order chi connectivity index (χ0) is 16.7. The number of hydrogen-bond acceptors (Lipinski definition) is 4. The Bertz CT molecular complexity index is 879. The van der Waals surface area contributed by atoms with Gasteiger partial charge in [0.1, 0.15) is 16.4 Å². The Balaban J connectivity index is 1.67. The summed E-state index contributed by atoms with van der Waals surface area (Å²) in [5, 5.41) is 0.202. The zero-order valence-electron chi connectivity index (χ0n) is 12.8. The Hall–Kier alpha value is -1.76. The van der Waals surface area contributed by atoms with Gasteiger partial charge in [0.15, 0.2) is 0 Å². The Labute approximate surface area is 145 Å². The Morgan fingerprint density at radius 3 is 2.75 bits per heavy atom. The van der Waals surface area contributed by atoms with E-state index in [2.05, 4.69) is 4.72 Å². The van der Waals surface area contributed by atoms with Crippen molar-refractivity contribution in [1.82, 2.24) is 4.72 Å². The quantitative estimate of drug-likeness (QED) is 0.904. The third kappa shape index (κ3) is 2.64. The minimum atomic E-state index is -3.70. The summed E-state index contributed by atoms with van der Waals surface area (Å²) in [5.74, 6) is 1.63. The van der Waals surface area contributed by atoms with Crippen molar-refractivity contribution < 1.29 is 17.9 Å². The highest BCUT2D eigenvalue weighted by Gasteiger charge is 2.27. The second-order valence-corrected chi connectivity index (χ2v) is 7.91. The van der Waals surface area contributed by atoms with E-state index in [1.807, 2.05) is 6.07 Å². The molecule has 0 bridgehead atoms. The monoisotopic (exact) mass is 365 g/mol. The largest absolute Gasteiger partial charge is 0.493 e. The van der Waals surface area contributed by atoms with Gasteiger partial charge in [-0.1, -0.05) is 23.7 Å². The second kappa shape index (κ2) is 5.95. The molecular weight excluding hydrogens is 350 g/mol. The molecule has 2 aliphatic heterocycles. The molecule has 0 saturated heterocycles. The van der Waals surface area contributed by atoms with Crippen molar-refractivity contribution in [3.8, 4) is 11.5 Å². The molecule has 7 heteroatoms. The molecule has 0 aromatic heterocycles. The van der Waals surface area contributed by atoms with E-state index in [-0.39, 0.29) is 16.5 Å². The molecule has 0 fully saturated rings. The van der Waals surface area contributed by atoms with Gasteiger partial charge in [-0.3, -0.25) is 0 Å². The molecular formula is C17H16ClNO4S. The lowest BCUT2D eigenvalue weighted by atomic mass is 10.00. The van der Waals surface area contributed by atoms with Crippen LogP contribution in [0.5, 0.6) is 11.5 Å². The zero-order valence-corrected chi connectivity index (χ0v) is 14.4. The molecule has 2 aliphatic rings. The number of nitrogens with one attached hydrogen (secondary N) is 1. The van der Waals surface area contributed by atoms with Gasteiger partial charge in [0.25, 0.3) is 0 Å². The van der Waals surface area contributed by atoms with Crippen LogP contribution in [0, 0.1) is 0 Å². The fourth-order valence-corrected chi connectivity index (χ4v) is 4.69. The van der Waals surface area contributed by atoms with Gasteiger partial charge in [-0.05, 0) is 18.2 Å². The van der Waals surface area contributed by atoms with Crippen molar-refractivity contribution in [3.05, 3.63) is 52.0 Å². The summed E-state index contributed by atoms with van der Waals surface area (Å²) in [6.45, 7) is 1.38. The smallest absolute Gasteiger partial charge is 0.242 e. The van der Waals surface area contributed by atoms with Gasteiger partial charge in [0.2, 0.25) is 10.0 Å². The summed E-state index contributed by atoms with van der Waals surface area (Å²) in [4.78, 5) is 0.0769. The molecule has 0 unspecified atom stereocenters. The second-order valence-electron chi connectivity index (χ2n) is 5.77. The van der Waals surface area contributed by atoms with Crippen LogP contribution in [-0.4, -0.2) is 21.6 Å². The molecule has 0 saturated carbocycles.